The number of ether oxygens (including phenoxy) is 12. The number of para-hydroxylation sites is 4. The minimum atomic E-state index is -0.183. The van der Waals surface area contributed by atoms with Gasteiger partial charge in [-0.3, -0.25) is 0 Å². The SMILES string of the molecule is COCOc1c(Cc2ccccc2)cc(Cc2ccccc2)cc1Pc1ccc(F)cc1N1CCCCC1.COCOc1c(Cc2ccccc2)cccc1Pc1c(C)cccc1N1CCCCC1.COCOc1c(OC)cccc1Pc1ccccc1N1CCCCC1.COCOc1ccc(Cc2ccccc2)cc1Pc1ccc(C)cc1N1CCCCC1.COCOc1ccc(OC)cc1Pc1ccccc1N1CCCCC1. The molecule has 5 saturated heterocycles. The highest BCUT2D eigenvalue weighted by atomic mass is 31.1. The molecular weight excluding hydrogens is 1960 g/mol. The fourth-order valence-electron chi connectivity index (χ4n) is 19.9. The van der Waals surface area contributed by atoms with E-state index in [9.17, 15) is 4.39 Å². The van der Waals surface area contributed by atoms with E-state index >= 15 is 0 Å². The number of halogens is 1. The van der Waals surface area contributed by atoms with Crippen molar-refractivity contribution >= 4 is 124 Å². The van der Waals surface area contributed by atoms with Gasteiger partial charge in [-0.15, -0.1) is 0 Å². The van der Waals surface area contributed by atoms with Gasteiger partial charge in [0.2, 0.25) is 0 Å². The van der Waals surface area contributed by atoms with Crippen LogP contribution in [0, 0.1) is 19.7 Å². The molecule has 0 aliphatic carbocycles. The molecule has 5 aliphatic heterocycles. The van der Waals surface area contributed by atoms with E-state index in [0.717, 1.165) is 177 Å². The largest absolute Gasteiger partial charge is 0.497 e. The highest BCUT2D eigenvalue weighted by Crippen LogP contribution is 2.39. The van der Waals surface area contributed by atoms with Crippen molar-refractivity contribution < 1.29 is 61.2 Å². The molecule has 0 aromatic heterocycles. The third-order valence-corrected chi connectivity index (χ3v) is 34.3. The van der Waals surface area contributed by atoms with E-state index in [1.807, 2.05) is 36.4 Å². The van der Waals surface area contributed by atoms with Crippen molar-refractivity contribution in [3.05, 3.63) is 371 Å². The quantitative estimate of drug-likeness (QED) is 0.0267. The van der Waals surface area contributed by atoms with Crippen LogP contribution in [0.3, 0.4) is 0 Å². The van der Waals surface area contributed by atoms with Gasteiger partial charge >= 0.3 is 0 Å². The van der Waals surface area contributed by atoms with Crippen molar-refractivity contribution in [1.82, 2.24) is 0 Å². The number of nitrogens with zero attached hydrogens (tertiary/aromatic N) is 5. The zero-order valence-corrected chi connectivity index (χ0v) is 94.0. The van der Waals surface area contributed by atoms with Crippen molar-refractivity contribution in [1.29, 1.82) is 0 Å². The summed E-state index contributed by atoms with van der Waals surface area (Å²) in [5, 5.41) is 12.6. The van der Waals surface area contributed by atoms with Crippen LogP contribution in [0.25, 0.3) is 0 Å². The summed E-state index contributed by atoms with van der Waals surface area (Å²) >= 11 is 0. The number of methoxy groups -OCH3 is 7. The van der Waals surface area contributed by atoms with Crippen molar-refractivity contribution in [2.45, 2.75) is 136 Å². The Balaban J connectivity index is 0.000000141. The van der Waals surface area contributed by atoms with Gasteiger partial charge in [0.25, 0.3) is 0 Å². The Bertz CT molecular complexity index is 6350. The van der Waals surface area contributed by atoms with E-state index in [1.165, 1.54) is 188 Å². The Hall–Kier alpha value is -11.4. The Morgan fingerprint density at radius 2 is 0.600 bits per heavy atom. The van der Waals surface area contributed by atoms with Crippen LogP contribution in [-0.2, 0) is 49.4 Å². The maximum absolute atomic E-state index is 14.4. The molecule has 17 nitrogen and oxygen atoms in total. The van der Waals surface area contributed by atoms with Gasteiger partial charge < -0.3 is 81.3 Å². The fourth-order valence-corrected chi connectivity index (χ4v) is 26.8. The molecule has 14 aromatic carbocycles. The van der Waals surface area contributed by atoms with Gasteiger partial charge in [-0.1, -0.05) is 267 Å². The van der Waals surface area contributed by atoms with Crippen LogP contribution in [0.2, 0.25) is 0 Å². The fraction of sp³-hybridized carbons (Fsp3) is 0.339. The maximum Gasteiger partial charge on any atom is 0.188 e. The third-order valence-electron chi connectivity index (χ3n) is 27.3. The number of anilines is 5. The molecule has 0 amide bonds. The van der Waals surface area contributed by atoms with E-state index in [1.54, 1.807) is 61.9 Å². The number of benzene rings is 14. The molecule has 0 spiro atoms. The molecule has 5 heterocycles. The molecule has 5 atom stereocenters. The highest BCUT2D eigenvalue weighted by molar-refractivity contribution is 7.57. The molecule has 5 unspecified atom stereocenters. The summed E-state index contributed by atoms with van der Waals surface area (Å²) in [6, 6.07) is 108. The van der Waals surface area contributed by atoms with E-state index in [2.05, 4.69) is 299 Å². The molecule has 150 heavy (non-hydrogen) atoms. The van der Waals surface area contributed by atoms with Gasteiger partial charge in [0.1, 0.15) is 34.6 Å². The monoisotopic (exact) mass is 2110 g/mol. The van der Waals surface area contributed by atoms with Crippen molar-refractivity contribution in [2.24, 2.45) is 0 Å². The van der Waals surface area contributed by atoms with Crippen LogP contribution < -0.4 is 111 Å². The van der Waals surface area contributed by atoms with Crippen molar-refractivity contribution in [3.8, 4) is 40.2 Å². The first-order valence-corrected chi connectivity index (χ1v) is 58.1. The Morgan fingerprint density at radius 3 is 1.10 bits per heavy atom. The van der Waals surface area contributed by atoms with Crippen LogP contribution in [0.4, 0.5) is 32.8 Å². The van der Waals surface area contributed by atoms with Gasteiger partial charge in [0.15, 0.2) is 45.5 Å². The molecule has 788 valence electrons. The van der Waals surface area contributed by atoms with Gasteiger partial charge in [0.05, 0.1) is 14.2 Å². The number of rotatable bonds is 40. The molecule has 5 aliphatic rings. The summed E-state index contributed by atoms with van der Waals surface area (Å²) in [5.74, 6) is 5.81. The van der Waals surface area contributed by atoms with Crippen LogP contribution >= 0.6 is 42.9 Å². The van der Waals surface area contributed by atoms with Gasteiger partial charge in [-0.2, -0.15) is 0 Å². The Kier molecular flexibility index (Phi) is 46.0. The zero-order chi connectivity index (χ0) is 104. The summed E-state index contributed by atoms with van der Waals surface area (Å²) < 4.78 is 81.2. The van der Waals surface area contributed by atoms with Crippen LogP contribution in [0.15, 0.2) is 309 Å². The number of piperidine rings is 5. The first-order valence-electron chi connectivity index (χ1n) is 53.1. The number of hydrogen-bond acceptors (Lipinski definition) is 17. The predicted octanol–water partition coefficient (Wildman–Crippen LogP) is 23.6. The zero-order valence-electron chi connectivity index (χ0n) is 89.0. The molecule has 5 fully saturated rings. The van der Waals surface area contributed by atoms with Crippen LogP contribution in [0.5, 0.6) is 40.2 Å². The highest BCUT2D eigenvalue weighted by Gasteiger charge is 2.27. The maximum atomic E-state index is 14.4. The molecular formula is C127H151FN5O12P5. The van der Waals surface area contributed by atoms with E-state index in [-0.39, 0.29) is 39.8 Å². The lowest BCUT2D eigenvalue weighted by Gasteiger charge is -2.31. The Morgan fingerprint density at radius 1 is 0.233 bits per heavy atom. The lowest BCUT2D eigenvalue weighted by molar-refractivity contribution is 0.0499. The number of hydrogen-bond donors (Lipinski definition) is 0. The molecule has 19 rings (SSSR count). The standard InChI is InChI=1S/C33H35FNO2P.2C27H32NO2P.2C20H26NO3P/c1-36-24-37-33-28(20-26-13-7-3-8-14-26)21-27(19-25-11-5-2-6-12-25)22-32(33)38-31-16-15-29(34)23-30(31)35-17-9-4-10-18-35;1-21-11-9-15-24(28-17-7-4-8-18-28)27(21)31-25-16-10-14-23(26(25)30-20-29-2)19-22-12-5-3-6-13-22;1-21-11-14-26(24(17-21)28-15-7-4-8-16-28)31-27-19-23(12-13-25(27)30-20-29-2)18-22-9-5-3-6-10-22;1-22-15-24-20-17(23-2)10-8-12-19(20)25-18-11-5-4-9-16(18)21-13-6-3-7-14-21;1-22-15-24-18-11-10-16(23-2)14-20(18)25-19-9-5-4-8-17(19)21-12-6-3-7-13-21/h2-3,5-8,11-16,21-23,38H,4,9-10,17-20,24H2,1H3;3,5-6,9-16,31H,4,7-8,17-20H2,1-2H3;3,5-6,9-14,17,19,31H,4,7-8,15-16,18,20H2,1-2H3;4-5,8-12,25H,3,6-7,13-15H2,1-2H3;4-5,8-11,14,25H,3,6-7,12-13,15H2,1-2H3. The first kappa shape index (κ1) is 113. The van der Waals surface area contributed by atoms with Crippen molar-refractivity contribution in [3.63, 3.8) is 0 Å². The summed E-state index contributed by atoms with van der Waals surface area (Å²) in [6.45, 7) is 16.7. The molecule has 14 aromatic rings. The molecule has 0 saturated carbocycles. The minimum absolute atomic E-state index is 0.180. The average Bonchev–Trinajstić information content (AvgIpc) is 0.794. The smallest absolute Gasteiger partial charge is 0.188 e. The summed E-state index contributed by atoms with van der Waals surface area (Å²) in [5.41, 5.74) is 19.2. The summed E-state index contributed by atoms with van der Waals surface area (Å²) in [4.78, 5) is 12.5. The van der Waals surface area contributed by atoms with Gasteiger partial charge in [-0.05, 0) is 264 Å². The van der Waals surface area contributed by atoms with Crippen LogP contribution in [0.1, 0.15) is 152 Å². The second-order valence-electron chi connectivity index (χ2n) is 38.4. The normalized spacial score (nSPS) is 14.4. The number of aryl methyl sites for hydroxylation is 2. The Labute approximate surface area is 900 Å². The lowest BCUT2D eigenvalue weighted by atomic mass is 9.98. The van der Waals surface area contributed by atoms with Gasteiger partial charge in [0, 0.05) is 195 Å². The second-order valence-corrected chi connectivity index (χ2v) is 45.0. The summed E-state index contributed by atoms with van der Waals surface area (Å²) in [7, 11) is 14.1. The predicted molar refractivity (Wildman–Crippen MR) is 635 cm³/mol. The second kappa shape index (κ2) is 61.3. The molecule has 0 bridgehead atoms. The minimum Gasteiger partial charge on any atom is -0.497 e. The molecule has 0 N–H and O–H groups in total. The van der Waals surface area contributed by atoms with E-state index in [4.69, 9.17) is 56.8 Å². The average molecular weight is 2110 g/mol. The first-order chi connectivity index (χ1) is 73.8. The van der Waals surface area contributed by atoms with Crippen LogP contribution in [-0.4, -0.2) is 149 Å². The molecule has 0 radical (unpaired) electrons. The van der Waals surface area contributed by atoms with Crippen molar-refractivity contribution in [2.75, 3.05) is 174 Å². The summed E-state index contributed by atoms with van der Waals surface area (Å²) in [6.07, 6.45) is 22.5. The third kappa shape index (κ3) is 33.8. The van der Waals surface area contributed by atoms with Gasteiger partial charge in [-0.25, -0.2) is 4.39 Å². The van der Waals surface area contributed by atoms with E-state index < -0.39 is 0 Å². The lowest BCUT2D eigenvalue weighted by Crippen LogP contribution is -2.33. The topological polar surface area (TPSA) is 127 Å². The molecule has 23 heteroatoms. The van der Waals surface area contributed by atoms with E-state index in [0.29, 0.717) is 42.9 Å².